The van der Waals surface area contributed by atoms with Crippen LogP contribution in [0.25, 0.3) is 6.08 Å². The zero-order valence-electron chi connectivity index (χ0n) is 11.3. The van der Waals surface area contributed by atoms with Crippen LogP contribution in [0.1, 0.15) is 34.3 Å². The number of piperidine rings is 1. The van der Waals surface area contributed by atoms with Gasteiger partial charge in [-0.2, -0.15) is 0 Å². The van der Waals surface area contributed by atoms with E-state index in [1.165, 1.54) is 12.1 Å². The molecule has 0 unspecified atom stereocenters. The van der Waals surface area contributed by atoms with Gasteiger partial charge in [-0.25, -0.2) is 13.2 Å². The fourth-order valence-electron chi connectivity index (χ4n) is 2.40. The third-order valence-electron chi connectivity index (χ3n) is 3.47. The van der Waals surface area contributed by atoms with Crippen LogP contribution in [0.5, 0.6) is 0 Å². The Morgan fingerprint density at radius 1 is 1.45 bits per heavy atom. The fourth-order valence-corrected chi connectivity index (χ4v) is 2.40. The van der Waals surface area contributed by atoms with E-state index in [-0.39, 0.29) is 24.9 Å². The number of amides is 1. The van der Waals surface area contributed by atoms with Crippen LogP contribution in [-0.2, 0) is 0 Å². The third kappa shape index (κ3) is 2.86. The molecule has 1 aliphatic rings. The van der Waals surface area contributed by atoms with Crippen LogP contribution in [0, 0.1) is 12.7 Å². The highest BCUT2D eigenvalue weighted by Crippen LogP contribution is 2.28. The number of alkyl halides is 2. The number of nitrogens with zero attached hydrogens (tertiary/aromatic N) is 1. The molecule has 1 aromatic rings. The van der Waals surface area contributed by atoms with Gasteiger partial charge < -0.3 is 4.90 Å². The highest BCUT2D eigenvalue weighted by molar-refractivity contribution is 5.96. The van der Waals surface area contributed by atoms with E-state index in [0.29, 0.717) is 11.1 Å². The quantitative estimate of drug-likeness (QED) is 0.811. The molecule has 0 bridgehead atoms. The second kappa shape index (κ2) is 5.31. The molecule has 2 nitrogen and oxygen atoms in total. The molecule has 20 heavy (non-hydrogen) atoms. The van der Waals surface area contributed by atoms with Crippen molar-refractivity contribution < 1.29 is 18.0 Å². The Hall–Kier alpha value is -1.78. The van der Waals surface area contributed by atoms with Crippen molar-refractivity contribution in [2.45, 2.75) is 25.7 Å². The number of likely N-dealkylation sites (tertiary alicyclic amines) is 1. The van der Waals surface area contributed by atoms with E-state index in [0.717, 1.165) is 11.0 Å². The maximum atomic E-state index is 13.7. The molecule has 1 fully saturated rings. The number of hydrogen-bond acceptors (Lipinski definition) is 1. The zero-order chi connectivity index (χ0) is 14.9. The van der Waals surface area contributed by atoms with E-state index >= 15 is 0 Å². The molecular formula is C15H16F3NO. The van der Waals surface area contributed by atoms with Gasteiger partial charge in [-0.05, 0) is 31.0 Å². The topological polar surface area (TPSA) is 20.3 Å². The van der Waals surface area contributed by atoms with Gasteiger partial charge in [0.05, 0.1) is 6.54 Å². The van der Waals surface area contributed by atoms with Crippen LogP contribution in [0.2, 0.25) is 0 Å². The number of carbonyl (C=O) groups excluding carboxylic acids is 1. The van der Waals surface area contributed by atoms with Crippen molar-refractivity contribution in [3.8, 4) is 0 Å². The van der Waals surface area contributed by atoms with Crippen LogP contribution in [0.4, 0.5) is 13.2 Å². The molecule has 0 aromatic heterocycles. The number of benzene rings is 1. The number of halogens is 3. The van der Waals surface area contributed by atoms with Gasteiger partial charge in [-0.1, -0.05) is 12.7 Å². The van der Waals surface area contributed by atoms with E-state index in [2.05, 4.69) is 6.58 Å². The van der Waals surface area contributed by atoms with E-state index in [1.54, 1.807) is 6.92 Å². The van der Waals surface area contributed by atoms with Gasteiger partial charge in [-0.3, -0.25) is 4.79 Å². The van der Waals surface area contributed by atoms with Crippen molar-refractivity contribution >= 4 is 12.0 Å². The molecule has 0 spiro atoms. The second-order valence-corrected chi connectivity index (χ2v) is 5.08. The van der Waals surface area contributed by atoms with Crippen molar-refractivity contribution in [1.82, 2.24) is 4.90 Å². The van der Waals surface area contributed by atoms with Crippen LogP contribution in [-0.4, -0.2) is 29.8 Å². The van der Waals surface area contributed by atoms with Crippen LogP contribution >= 0.6 is 0 Å². The molecule has 0 saturated carbocycles. The smallest absolute Gasteiger partial charge is 0.265 e. The molecule has 1 aromatic carbocycles. The average Bonchev–Trinajstić information content (AvgIpc) is 2.39. The Balaban J connectivity index is 2.29. The summed E-state index contributed by atoms with van der Waals surface area (Å²) in [5.74, 6) is -3.98. The predicted octanol–water partition coefficient (Wildman–Crippen LogP) is 3.65. The number of rotatable bonds is 2. The standard InChI is InChI=1S/C15H16F3NO/c1-3-11-7-10(2)12(8-13(11)16)14(20)19-6-4-5-15(17,18)9-19/h3,7-8H,1,4-6,9H2,2H3. The summed E-state index contributed by atoms with van der Waals surface area (Å²) >= 11 is 0. The predicted molar refractivity (Wildman–Crippen MR) is 71.3 cm³/mol. The van der Waals surface area contributed by atoms with Crippen LogP contribution < -0.4 is 0 Å². The summed E-state index contributed by atoms with van der Waals surface area (Å²) in [4.78, 5) is 13.4. The minimum absolute atomic E-state index is 0.130. The van der Waals surface area contributed by atoms with Gasteiger partial charge in [0.15, 0.2) is 0 Å². The molecule has 0 atom stereocenters. The summed E-state index contributed by atoms with van der Waals surface area (Å²) in [6.45, 7) is 4.81. The molecule has 1 heterocycles. The number of carbonyl (C=O) groups is 1. The lowest BCUT2D eigenvalue weighted by Gasteiger charge is -2.32. The summed E-state index contributed by atoms with van der Waals surface area (Å²) < 4.78 is 40.4. The number of aryl methyl sites for hydroxylation is 1. The van der Waals surface area contributed by atoms with Gasteiger partial charge in [-0.15, -0.1) is 0 Å². The zero-order valence-corrected chi connectivity index (χ0v) is 11.3. The van der Waals surface area contributed by atoms with Gasteiger partial charge in [0.1, 0.15) is 5.82 Å². The van der Waals surface area contributed by atoms with Gasteiger partial charge in [0, 0.05) is 24.1 Å². The first-order chi connectivity index (χ1) is 9.34. The Morgan fingerprint density at radius 2 is 2.15 bits per heavy atom. The average molecular weight is 283 g/mol. The first kappa shape index (κ1) is 14.6. The molecule has 1 amide bonds. The minimum Gasteiger partial charge on any atom is -0.333 e. The highest BCUT2D eigenvalue weighted by Gasteiger charge is 2.37. The Bertz CT molecular complexity index is 554. The number of hydrogen-bond donors (Lipinski definition) is 0. The molecule has 1 aliphatic heterocycles. The van der Waals surface area contributed by atoms with Crippen molar-refractivity contribution in [2.75, 3.05) is 13.1 Å². The SMILES string of the molecule is C=Cc1cc(C)c(C(=O)N2CCCC(F)(F)C2)cc1F. The lowest BCUT2D eigenvalue weighted by molar-refractivity contribution is -0.0560. The second-order valence-electron chi connectivity index (χ2n) is 5.08. The minimum atomic E-state index is -2.86. The van der Waals surface area contributed by atoms with Crippen LogP contribution in [0.15, 0.2) is 18.7 Å². The van der Waals surface area contributed by atoms with Crippen LogP contribution in [0.3, 0.4) is 0 Å². The summed E-state index contributed by atoms with van der Waals surface area (Å²) in [5.41, 5.74) is 0.981. The van der Waals surface area contributed by atoms with Crippen molar-refractivity contribution in [3.05, 3.63) is 41.2 Å². The molecule has 0 aliphatic carbocycles. The molecule has 0 N–H and O–H groups in total. The van der Waals surface area contributed by atoms with Gasteiger partial charge >= 0.3 is 0 Å². The molecule has 5 heteroatoms. The molecular weight excluding hydrogens is 267 g/mol. The molecule has 2 rings (SSSR count). The van der Waals surface area contributed by atoms with E-state index in [9.17, 15) is 18.0 Å². The summed E-state index contributed by atoms with van der Waals surface area (Å²) in [5, 5.41) is 0. The Morgan fingerprint density at radius 3 is 2.75 bits per heavy atom. The largest absolute Gasteiger partial charge is 0.333 e. The Kier molecular flexibility index (Phi) is 3.88. The molecule has 1 saturated heterocycles. The van der Waals surface area contributed by atoms with Crippen molar-refractivity contribution in [3.63, 3.8) is 0 Å². The normalized spacial score (nSPS) is 17.9. The lowest BCUT2D eigenvalue weighted by Crippen LogP contribution is -2.45. The highest BCUT2D eigenvalue weighted by atomic mass is 19.3. The third-order valence-corrected chi connectivity index (χ3v) is 3.47. The lowest BCUT2D eigenvalue weighted by atomic mass is 10.0. The first-order valence-corrected chi connectivity index (χ1v) is 6.44. The summed E-state index contributed by atoms with van der Waals surface area (Å²) in [7, 11) is 0. The van der Waals surface area contributed by atoms with Gasteiger partial charge in [0.25, 0.3) is 11.8 Å². The Labute approximate surface area is 115 Å². The maximum Gasteiger partial charge on any atom is 0.265 e. The van der Waals surface area contributed by atoms with E-state index in [1.807, 2.05) is 0 Å². The monoisotopic (exact) mass is 283 g/mol. The van der Waals surface area contributed by atoms with Gasteiger partial charge in [0.2, 0.25) is 0 Å². The fraction of sp³-hybridized carbons (Fsp3) is 0.400. The van der Waals surface area contributed by atoms with Crippen molar-refractivity contribution in [1.29, 1.82) is 0 Å². The molecule has 108 valence electrons. The summed E-state index contributed by atoms with van der Waals surface area (Å²) in [6, 6.07) is 2.60. The maximum absolute atomic E-state index is 13.7. The summed E-state index contributed by atoms with van der Waals surface area (Å²) in [6.07, 6.45) is 1.40. The van der Waals surface area contributed by atoms with E-state index < -0.39 is 24.2 Å². The first-order valence-electron chi connectivity index (χ1n) is 6.44. The molecule has 0 radical (unpaired) electrons. The van der Waals surface area contributed by atoms with Crippen molar-refractivity contribution in [2.24, 2.45) is 0 Å². The van der Waals surface area contributed by atoms with E-state index in [4.69, 9.17) is 0 Å².